The molecular formula is C13H13Cl2N3O. The van der Waals surface area contributed by atoms with Crippen molar-refractivity contribution in [3.8, 4) is 0 Å². The minimum atomic E-state index is -0.191. The first-order valence-electron chi connectivity index (χ1n) is 5.88. The van der Waals surface area contributed by atoms with Gasteiger partial charge in [-0.05, 0) is 24.6 Å². The maximum atomic E-state index is 12.4. The minimum absolute atomic E-state index is 0.191. The average Bonchev–Trinajstić information content (AvgIpc) is 2.90. The first-order chi connectivity index (χ1) is 9.13. The van der Waals surface area contributed by atoms with Crippen LogP contribution in [0.5, 0.6) is 0 Å². The Morgan fingerprint density at radius 1 is 1.42 bits per heavy atom. The van der Waals surface area contributed by atoms with E-state index in [-0.39, 0.29) is 6.03 Å². The van der Waals surface area contributed by atoms with Crippen LogP contribution in [0.25, 0.3) is 0 Å². The van der Waals surface area contributed by atoms with E-state index in [2.05, 4.69) is 4.98 Å². The first-order valence-corrected chi connectivity index (χ1v) is 6.64. The number of rotatable bonds is 3. The first kappa shape index (κ1) is 13.9. The molecule has 1 aromatic heterocycles. The molecule has 0 aliphatic rings. The normalized spacial score (nSPS) is 10.5. The summed E-state index contributed by atoms with van der Waals surface area (Å²) < 4.78 is 1.42. The zero-order valence-electron chi connectivity index (χ0n) is 10.4. The van der Waals surface area contributed by atoms with Crippen LogP contribution in [0.2, 0.25) is 10.0 Å². The number of carbonyl (C=O) groups excluding carboxylic acids is 1. The summed E-state index contributed by atoms with van der Waals surface area (Å²) in [5.74, 6) is 0. The van der Waals surface area contributed by atoms with Crippen LogP contribution in [-0.2, 0) is 0 Å². The maximum absolute atomic E-state index is 12.4. The molecule has 19 heavy (non-hydrogen) atoms. The van der Waals surface area contributed by atoms with Crippen molar-refractivity contribution in [2.45, 2.75) is 13.3 Å². The molecule has 2 rings (SSSR count). The van der Waals surface area contributed by atoms with Crippen LogP contribution in [0.4, 0.5) is 10.5 Å². The highest BCUT2D eigenvalue weighted by Crippen LogP contribution is 2.29. The molecule has 6 heteroatoms. The van der Waals surface area contributed by atoms with E-state index in [1.807, 2.05) is 6.92 Å². The van der Waals surface area contributed by atoms with Gasteiger partial charge >= 0.3 is 6.03 Å². The molecular weight excluding hydrogens is 285 g/mol. The van der Waals surface area contributed by atoms with Crippen LogP contribution in [0.1, 0.15) is 13.3 Å². The molecule has 0 radical (unpaired) electrons. The Morgan fingerprint density at radius 2 is 2.21 bits per heavy atom. The average molecular weight is 298 g/mol. The predicted octanol–water partition coefficient (Wildman–Crippen LogP) is 4.07. The number of imidazole rings is 1. The lowest BCUT2D eigenvalue weighted by atomic mass is 10.2. The molecule has 1 heterocycles. The summed E-state index contributed by atoms with van der Waals surface area (Å²) >= 11 is 12.0. The van der Waals surface area contributed by atoms with Crippen molar-refractivity contribution in [1.82, 2.24) is 9.55 Å². The molecule has 0 atom stereocenters. The van der Waals surface area contributed by atoms with E-state index in [1.54, 1.807) is 35.5 Å². The summed E-state index contributed by atoms with van der Waals surface area (Å²) in [5.41, 5.74) is 0.645. The minimum Gasteiger partial charge on any atom is -0.292 e. The van der Waals surface area contributed by atoms with Gasteiger partial charge in [0.1, 0.15) is 6.33 Å². The molecule has 0 spiro atoms. The fraction of sp³-hybridized carbons (Fsp3) is 0.231. The number of halogens is 2. The molecule has 1 aromatic carbocycles. The van der Waals surface area contributed by atoms with Gasteiger partial charge in [0.25, 0.3) is 0 Å². The molecule has 0 saturated carbocycles. The van der Waals surface area contributed by atoms with Crippen LogP contribution < -0.4 is 4.90 Å². The molecule has 0 unspecified atom stereocenters. The van der Waals surface area contributed by atoms with Gasteiger partial charge in [-0.2, -0.15) is 0 Å². The van der Waals surface area contributed by atoms with Gasteiger partial charge in [-0.1, -0.05) is 30.1 Å². The van der Waals surface area contributed by atoms with E-state index in [4.69, 9.17) is 23.2 Å². The van der Waals surface area contributed by atoms with Crippen LogP contribution in [0, 0.1) is 0 Å². The Bertz CT molecular complexity index is 569. The summed E-state index contributed by atoms with van der Waals surface area (Å²) in [4.78, 5) is 17.9. The number of anilines is 1. The topological polar surface area (TPSA) is 38.1 Å². The summed E-state index contributed by atoms with van der Waals surface area (Å²) in [6.07, 6.45) is 5.45. The number of benzene rings is 1. The maximum Gasteiger partial charge on any atom is 0.333 e. The van der Waals surface area contributed by atoms with Crippen molar-refractivity contribution in [2.24, 2.45) is 0 Å². The fourth-order valence-electron chi connectivity index (χ4n) is 1.75. The van der Waals surface area contributed by atoms with Crippen molar-refractivity contribution < 1.29 is 4.79 Å². The van der Waals surface area contributed by atoms with E-state index >= 15 is 0 Å². The largest absolute Gasteiger partial charge is 0.333 e. The number of amides is 1. The Balaban J connectivity index is 2.37. The van der Waals surface area contributed by atoms with Gasteiger partial charge in [0, 0.05) is 24.0 Å². The van der Waals surface area contributed by atoms with E-state index in [9.17, 15) is 4.79 Å². The molecule has 0 fully saturated rings. The number of carbonyl (C=O) groups is 1. The monoisotopic (exact) mass is 297 g/mol. The van der Waals surface area contributed by atoms with Gasteiger partial charge in [-0.25, -0.2) is 9.78 Å². The van der Waals surface area contributed by atoms with Gasteiger partial charge < -0.3 is 0 Å². The molecule has 4 nitrogen and oxygen atoms in total. The van der Waals surface area contributed by atoms with Crippen LogP contribution >= 0.6 is 23.2 Å². The second kappa shape index (κ2) is 6.08. The SMILES string of the molecule is CCCN(C(=O)n1ccnc1)c1ccc(Cl)cc1Cl. The van der Waals surface area contributed by atoms with Crippen molar-refractivity contribution in [2.75, 3.05) is 11.4 Å². The zero-order valence-corrected chi connectivity index (χ0v) is 11.9. The molecule has 1 amide bonds. The highest BCUT2D eigenvalue weighted by atomic mass is 35.5. The number of aromatic nitrogens is 2. The third-order valence-electron chi connectivity index (χ3n) is 2.60. The molecule has 0 N–H and O–H groups in total. The molecule has 0 aliphatic heterocycles. The van der Waals surface area contributed by atoms with Crippen LogP contribution in [-0.4, -0.2) is 22.1 Å². The van der Waals surface area contributed by atoms with Gasteiger partial charge in [0.2, 0.25) is 0 Å². The van der Waals surface area contributed by atoms with E-state index in [0.717, 1.165) is 6.42 Å². The second-order valence-corrected chi connectivity index (χ2v) is 4.84. The quantitative estimate of drug-likeness (QED) is 0.856. The standard InChI is InChI=1S/C13H13Cl2N3O/c1-2-6-18(13(19)17-7-5-16-9-17)12-4-3-10(14)8-11(12)15/h3-5,7-9H,2,6H2,1H3. The highest BCUT2D eigenvalue weighted by molar-refractivity contribution is 6.36. The fourth-order valence-corrected chi connectivity index (χ4v) is 2.27. The zero-order chi connectivity index (χ0) is 13.8. The molecule has 100 valence electrons. The van der Waals surface area contributed by atoms with Gasteiger partial charge in [0.05, 0.1) is 10.7 Å². The highest BCUT2D eigenvalue weighted by Gasteiger charge is 2.18. The van der Waals surface area contributed by atoms with Crippen molar-refractivity contribution in [1.29, 1.82) is 0 Å². The van der Waals surface area contributed by atoms with E-state index in [0.29, 0.717) is 22.3 Å². The Hall–Kier alpha value is -1.52. The number of nitrogens with zero attached hydrogens (tertiary/aromatic N) is 3. The molecule has 2 aromatic rings. The van der Waals surface area contributed by atoms with Gasteiger partial charge in [-0.3, -0.25) is 9.47 Å². The van der Waals surface area contributed by atoms with Crippen LogP contribution in [0.3, 0.4) is 0 Å². The molecule has 0 aliphatic carbocycles. The summed E-state index contributed by atoms with van der Waals surface area (Å²) in [7, 11) is 0. The molecule has 0 bridgehead atoms. The lowest BCUT2D eigenvalue weighted by Gasteiger charge is -2.23. The van der Waals surface area contributed by atoms with Crippen LogP contribution in [0.15, 0.2) is 36.9 Å². The lowest BCUT2D eigenvalue weighted by molar-refractivity contribution is 0.247. The second-order valence-electron chi connectivity index (χ2n) is 4.00. The third kappa shape index (κ3) is 3.08. The van der Waals surface area contributed by atoms with Gasteiger partial charge in [0.15, 0.2) is 0 Å². The summed E-state index contributed by atoms with van der Waals surface area (Å²) in [5, 5.41) is 0.995. The van der Waals surface area contributed by atoms with Crippen molar-refractivity contribution in [3.05, 3.63) is 47.0 Å². The number of hydrogen-bond acceptors (Lipinski definition) is 2. The Kier molecular flexibility index (Phi) is 4.45. The van der Waals surface area contributed by atoms with Crippen molar-refractivity contribution >= 4 is 34.9 Å². The van der Waals surface area contributed by atoms with E-state index < -0.39 is 0 Å². The Morgan fingerprint density at radius 3 is 2.79 bits per heavy atom. The Labute approximate surface area is 121 Å². The smallest absolute Gasteiger partial charge is 0.292 e. The van der Waals surface area contributed by atoms with E-state index in [1.165, 1.54) is 10.9 Å². The lowest BCUT2D eigenvalue weighted by Crippen LogP contribution is -2.35. The van der Waals surface area contributed by atoms with Crippen molar-refractivity contribution in [3.63, 3.8) is 0 Å². The van der Waals surface area contributed by atoms with Gasteiger partial charge in [-0.15, -0.1) is 0 Å². The molecule has 0 saturated heterocycles. The summed E-state index contributed by atoms with van der Waals surface area (Å²) in [6.45, 7) is 2.57. The third-order valence-corrected chi connectivity index (χ3v) is 3.14. The summed E-state index contributed by atoms with van der Waals surface area (Å²) in [6, 6.07) is 4.90. The predicted molar refractivity (Wildman–Crippen MR) is 77.1 cm³/mol. The number of hydrogen-bond donors (Lipinski definition) is 0.